The van der Waals surface area contributed by atoms with Gasteiger partial charge in [-0.2, -0.15) is 0 Å². The van der Waals surface area contributed by atoms with Crippen LogP contribution in [0.5, 0.6) is 0 Å². The van der Waals surface area contributed by atoms with Crippen molar-refractivity contribution in [2.45, 2.75) is 6.54 Å². The number of primary amides is 1. The van der Waals surface area contributed by atoms with Gasteiger partial charge >= 0.3 is 0 Å². The number of carbonyl (C=O) groups excluding carboxylic acids is 4. The number of imide groups is 1. The van der Waals surface area contributed by atoms with Crippen molar-refractivity contribution in [1.82, 2.24) is 9.47 Å². The number of rotatable bonds is 6. The Morgan fingerprint density at radius 3 is 2.50 bits per heavy atom. The van der Waals surface area contributed by atoms with Crippen molar-refractivity contribution in [3.05, 3.63) is 71.0 Å². The maximum absolute atomic E-state index is 13.1. The molecule has 3 aromatic rings. The van der Waals surface area contributed by atoms with Crippen molar-refractivity contribution in [3.63, 3.8) is 0 Å². The summed E-state index contributed by atoms with van der Waals surface area (Å²) in [6, 6.07) is 12.7. The first-order valence-electron chi connectivity index (χ1n) is 9.49. The minimum Gasteiger partial charge on any atom is -0.368 e. The third-order valence-electron chi connectivity index (χ3n) is 4.74. The molecule has 162 valence electrons. The van der Waals surface area contributed by atoms with Gasteiger partial charge in [-0.05, 0) is 48.2 Å². The minimum absolute atomic E-state index is 0.0190. The van der Waals surface area contributed by atoms with E-state index in [9.17, 15) is 23.6 Å². The van der Waals surface area contributed by atoms with E-state index in [-0.39, 0.29) is 17.4 Å². The molecule has 0 aliphatic carbocycles. The zero-order chi connectivity index (χ0) is 22.8. The lowest BCUT2D eigenvalue weighted by atomic mass is 10.1. The molecule has 4 rings (SSSR count). The van der Waals surface area contributed by atoms with Gasteiger partial charge in [0.25, 0.3) is 11.1 Å². The molecule has 0 radical (unpaired) electrons. The molecule has 1 aliphatic heterocycles. The number of benzene rings is 2. The Morgan fingerprint density at radius 1 is 1.06 bits per heavy atom. The van der Waals surface area contributed by atoms with Crippen LogP contribution in [0.4, 0.5) is 14.9 Å². The molecular weight excluding hydrogens is 435 g/mol. The lowest BCUT2D eigenvalue weighted by Gasteiger charge is -2.08. The molecular formula is C22H17FN4O4S. The number of para-hydroxylation sites is 1. The van der Waals surface area contributed by atoms with Crippen molar-refractivity contribution < 1.29 is 23.6 Å². The summed E-state index contributed by atoms with van der Waals surface area (Å²) in [6.45, 7) is -0.498. The summed E-state index contributed by atoms with van der Waals surface area (Å²) in [4.78, 5) is 49.2. The van der Waals surface area contributed by atoms with Crippen LogP contribution in [0.25, 0.3) is 17.0 Å². The number of amides is 4. The molecule has 0 unspecified atom stereocenters. The summed E-state index contributed by atoms with van der Waals surface area (Å²) in [5, 5.41) is 2.92. The molecule has 0 spiro atoms. The lowest BCUT2D eigenvalue weighted by molar-refractivity contribution is -0.127. The standard InChI is InChI=1S/C22H17FN4O4S/c23-14-5-7-15(8-6-14)25-20(29)12-26-10-13(16-3-1-2-4-17(16)26)9-18-21(30)27(11-19(24)28)22(31)32-18/h1-10H,11-12H2,(H2,24,28)(H,25,29)/b18-9-. The highest BCUT2D eigenvalue weighted by Gasteiger charge is 2.36. The monoisotopic (exact) mass is 452 g/mol. The Balaban J connectivity index is 1.60. The number of anilines is 1. The molecule has 2 heterocycles. The number of nitrogens with two attached hydrogens (primary N) is 1. The van der Waals surface area contributed by atoms with Gasteiger partial charge in [-0.25, -0.2) is 4.39 Å². The van der Waals surface area contributed by atoms with E-state index >= 15 is 0 Å². The average molecular weight is 452 g/mol. The predicted octanol–water partition coefficient (Wildman–Crippen LogP) is 2.94. The van der Waals surface area contributed by atoms with E-state index in [2.05, 4.69) is 5.32 Å². The fraction of sp³-hybridized carbons (Fsp3) is 0.0909. The van der Waals surface area contributed by atoms with Crippen LogP contribution >= 0.6 is 11.8 Å². The highest BCUT2D eigenvalue weighted by molar-refractivity contribution is 8.18. The molecule has 8 nitrogen and oxygen atoms in total. The van der Waals surface area contributed by atoms with Gasteiger partial charge in [0.05, 0.1) is 4.91 Å². The fourth-order valence-corrected chi connectivity index (χ4v) is 4.17. The second kappa shape index (κ2) is 8.67. The molecule has 1 saturated heterocycles. The van der Waals surface area contributed by atoms with Crippen molar-refractivity contribution in [2.75, 3.05) is 11.9 Å². The molecule has 2 aromatic carbocycles. The number of halogens is 1. The van der Waals surface area contributed by atoms with Crippen LogP contribution in [0, 0.1) is 5.82 Å². The zero-order valence-corrected chi connectivity index (χ0v) is 17.4. The van der Waals surface area contributed by atoms with Gasteiger partial charge in [-0.15, -0.1) is 0 Å². The molecule has 32 heavy (non-hydrogen) atoms. The number of nitrogens with one attached hydrogen (secondary N) is 1. The van der Waals surface area contributed by atoms with Crippen LogP contribution in [0.15, 0.2) is 59.6 Å². The number of aromatic nitrogens is 1. The van der Waals surface area contributed by atoms with Gasteiger partial charge < -0.3 is 15.6 Å². The summed E-state index contributed by atoms with van der Waals surface area (Å²) < 4.78 is 14.8. The lowest BCUT2D eigenvalue weighted by Crippen LogP contribution is -2.36. The van der Waals surface area contributed by atoms with E-state index < -0.39 is 29.4 Å². The maximum Gasteiger partial charge on any atom is 0.294 e. The molecule has 1 aliphatic rings. The van der Waals surface area contributed by atoms with E-state index in [1.54, 1.807) is 16.8 Å². The van der Waals surface area contributed by atoms with Crippen molar-refractivity contribution in [1.29, 1.82) is 0 Å². The van der Waals surface area contributed by atoms with Gasteiger partial charge in [-0.3, -0.25) is 24.1 Å². The summed E-state index contributed by atoms with van der Waals surface area (Å²) in [7, 11) is 0. The van der Waals surface area contributed by atoms with Gasteiger partial charge in [-0.1, -0.05) is 18.2 Å². The van der Waals surface area contributed by atoms with E-state index in [1.165, 1.54) is 24.3 Å². The Morgan fingerprint density at radius 2 is 1.78 bits per heavy atom. The van der Waals surface area contributed by atoms with Crippen molar-refractivity contribution in [3.8, 4) is 0 Å². The number of hydrogen-bond acceptors (Lipinski definition) is 5. The summed E-state index contributed by atoms with van der Waals surface area (Å²) in [6.07, 6.45) is 3.26. The Labute approximate surface area is 185 Å². The molecule has 1 fully saturated rings. The first-order valence-corrected chi connectivity index (χ1v) is 10.3. The Hall–Kier alpha value is -3.92. The first kappa shape index (κ1) is 21.3. The summed E-state index contributed by atoms with van der Waals surface area (Å²) >= 11 is 0.725. The average Bonchev–Trinajstić information content (AvgIpc) is 3.22. The van der Waals surface area contributed by atoms with Crippen molar-refractivity contribution in [2.24, 2.45) is 5.73 Å². The van der Waals surface area contributed by atoms with Crippen molar-refractivity contribution >= 4 is 57.4 Å². The Kier molecular flexibility index (Phi) is 5.78. The fourth-order valence-electron chi connectivity index (χ4n) is 3.34. The number of thioether (sulfide) groups is 1. The highest BCUT2D eigenvalue weighted by Crippen LogP contribution is 2.34. The predicted molar refractivity (Wildman–Crippen MR) is 119 cm³/mol. The molecule has 0 saturated carbocycles. The molecule has 0 bridgehead atoms. The van der Waals surface area contributed by atoms with E-state index in [1.807, 2.05) is 24.3 Å². The number of hydrogen-bond donors (Lipinski definition) is 2. The third-order valence-corrected chi connectivity index (χ3v) is 5.64. The van der Waals surface area contributed by atoms with Crippen LogP contribution in [0.1, 0.15) is 5.56 Å². The minimum atomic E-state index is -0.780. The first-order chi connectivity index (χ1) is 15.3. The van der Waals surface area contributed by atoms with Crippen LogP contribution < -0.4 is 11.1 Å². The number of carbonyl (C=O) groups is 4. The molecule has 3 N–H and O–H groups in total. The molecule has 10 heteroatoms. The second-order valence-corrected chi connectivity index (χ2v) is 8.01. The van der Waals surface area contributed by atoms with Gasteiger partial charge in [0, 0.05) is 28.4 Å². The SMILES string of the molecule is NC(=O)CN1C(=O)S/C(=C\c2cn(CC(=O)Nc3ccc(F)cc3)c3ccccc23)C1=O. The summed E-state index contributed by atoms with van der Waals surface area (Å²) in [5.41, 5.74) is 6.97. The van der Waals surface area contributed by atoms with E-state index in [0.717, 1.165) is 27.6 Å². The molecule has 4 amide bonds. The van der Waals surface area contributed by atoms with Crippen LogP contribution in [0.3, 0.4) is 0 Å². The van der Waals surface area contributed by atoms with Crippen LogP contribution in [-0.2, 0) is 20.9 Å². The van der Waals surface area contributed by atoms with Crippen LogP contribution in [-0.4, -0.2) is 39.0 Å². The van der Waals surface area contributed by atoms with E-state index in [0.29, 0.717) is 11.3 Å². The molecule has 1 aromatic heterocycles. The van der Waals surface area contributed by atoms with E-state index in [4.69, 9.17) is 5.73 Å². The van der Waals surface area contributed by atoms with Gasteiger partial charge in [0.2, 0.25) is 11.8 Å². The zero-order valence-electron chi connectivity index (χ0n) is 16.6. The molecule has 0 atom stereocenters. The quantitative estimate of drug-likeness (QED) is 0.558. The number of fused-ring (bicyclic) bond motifs is 1. The second-order valence-electron chi connectivity index (χ2n) is 7.02. The van der Waals surface area contributed by atoms with Gasteiger partial charge in [0.15, 0.2) is 0 Å². The Bertz CT molecular complexity index is 1280. The largest absolute Gasteiger partial charge is 0.368 e. The smallest absolute Gasteiger partial charge is 0.294 e. The topological polar surface area (TPSA) is 114 Å². The summed E-state index contributed by atoms with van der Waals surface area (Å²) in [5.74, 6) is -2.09. The highest BCUT2D eigenvalue weighted by atomic mass is 32.2. The van der Waals surface area contributed by atoms with Gasteiger partial charge in [0.1, 0.15) is 18.9 Å². The normalized spacial score (nSPS) is 15.0. The maximum atomic E-state index is 13.1. The third kappa shape index (κ3) is 4.40. The number of nitrogens with zero attached hydrogens (tertiary/aromatic N) is 2. The van der Waals surface area contributed by atoms with Crippen LogP contribution in [0.2, 0.25) is 0 Å².